The summed E-state index contributed by atoms with van der Waals surface area (Å²) in [6.07, 6.45) is 0.728. The molecular formula is C15H19ClN2O3. The fourth-order valence-electron chi connectivity index (χ4n) is 3.49. The Kier molecular flexibility index (Phi) is 3.59. The third-order valence-corrected chi connectivity index (χ3v) is 4.81. The highest BCUT2D eigenvalue weighted by Gasteiger charge is 2.50. The topological polar surface area (TPSA) is 75.8 Å². The highest BCUT2D eigenvalue weighted by molar-refractivity contribution is 6.30. The minimum absolute atomic E-state index is 0.0407. The fraction of sp³-hybridized carbons (Fsp3) is 0.533. The van der Waals surface area contributed by atoms with Gasteiger partial charge >= 0.3 is 5.97 Å². The Balaban J connectivity index is 2.06. The number of hydrogen-bond donors (Lipinski definition) is 2. The number of benzene rings is 1. The van der Waals surface area contributed by atoms with Gasteiger partial charge in [0.2, 0.25) is 0 Å². The van der Waals surface area contributed by atoms with Crippen molar-refractivity contribution in [3.8, 4) is 5.75 Å². The minimum atomic E-state index is -0.821. The molecule has 0 aliphatic carbocycles. The van der Waals surface area contributed by atoms with E-state index in [1.807, 2.05) is 13.1 Å². The fourth-order valence-corrected chi connectivity index (χ4v) is 3.65. The zero-order valence-corrected chi connectivity index (χ0v) is 12.6. The molecule has 3 rings (SSSR count). The summed E-state index contributed by atoms with van der Waals surface area (Å²) >= 11 is 6.03. The molecule has 2 aliphatic heterocycles. The van der Waals surface area contributed by atoms with Crippen LogP contribution in [-0.4, -0.2) is 41.8 Å². The Hall–Kier alpha value is -1.30. The van der Waals surface area contributed by atoms with Crippen molar-refractivity contribution in [3.63, 3.8) is 0 Å². The lowest BCUT2D eigenvalue weighted by Gasteiger charge is -2.50. The van der Waals surface area contributed by atoms with Crippen molar-refractivity contribution >= 4 is 17.6 Å². The first kappa shape index (κ1) is 14.6. The van der Waals surface area contributed by atoms with E-state index in [1.54, 1.807) is 12.1 Å². The minimum Gasteiger partial charge on any atom is -0.481 e. The van der Waals surface area contributed by atoms with Gasteiger partial charge in [-0.1, -0.05) is 17.7 Å². The van der Waals surface area contributed by atoms with Crippen LogP contribution in [-0.2, 0) is 4.79 Å². The quantitative estimate of drug-likeness (QED) is 0.872. The lowest BCUT2D eigenvalue weighted by Crippen LogP contribution is -2.63. The highest BCUT2D eigenvalue weighted by Crippen LogP contribution is 2.48. The largest absolute Gasteiger partial charge is 0.481 e. The lowest BCUT2D eigenvalue weighted by molar-refractivity contribution is -0.139. The van der Waals surface area contributed by atoms with Gasteiger partial charge in [-0.05, 0) is 24.7 Å². The van der Waals surface area contributed by atoms with Crippen molar-refractivity contribution < 1.29 is 14.6 Å². The third kappa shape index (κ3) is 2.61. The predicted octanol–water partition coefficient (Wildman–Crippen LogP) is 1.90. The van der Waals surface area contributed by atoms with E-state index in [0.717, 1.165) is 18.7 Å². The Morgan fingerprint density at radius 2 is 2.38 bits per heavy atom. The van der Waals surface area contributed by atoms with Crippen molar-refractivity contribution in [3.05, 3.63) is 28.8 Å². The maximum absolute atomic E-state index is 11.3. The second-order valence-electron chi connectivity index (χ2n) is 6.06. The number of halogens is 1. The van der Waals surface area contributed by atoms with Gasteiger partial charge in [-0.15, -0.1) is 0 Å². The van der Waals surface area contributed by atoms with Crippen LogP contribution >= 0.6 is 11.6 Å². The van der Waals surface area contributed by atoms with Gasteiger partial charge in [0.05, 0.1) is 6.42 Å². The van der Waals surface area contributed by atoms with E-state index >= 15 is 0 Å². The predicted molar refractivity (Wildman–Crippen MR) is 79.6 cm³/mol. The first-order valence-corrected chi connectivity index (χ1v) is 7.44. The number of ether oxygens (including phenoxy) is 1. The van der Waals surface area contributed by atoms with Crippen LogP contribution in [0.15, 0.2) is 18.2 Å². The molecule has 1 saturated heterocycles. The van der Waals surface area contributed by atoms with Gasteiger partial charge < -0.3 is 14.7 Å². The van der Waals surface area contributed by atoms with Gasteiger partial charge in [0.1, 0.15) is 5.75 Å². The number of piperidine rings is 1. The van der Waals surface area contributed by atoms with Crippen molar-refractivity contribution in [2.75, 3.05) is 20.1 Å². The second kappa shape index (κ2) is 5.16. The summed E-state index contributed by atoms with van der Waals surface area (Å²) in [5, 5.41) is 9.83. The molecule has 6 heteroatoms. The third-order valence-electron chi connectivity index (χ3n) is 4.58. The molecule has 0 bridgehead atoms. The maximum atomic E-state index is 11.3. The van der Waals surface area contributed by atoms with Crippen LogP contribution < -0.4 is 10.5 Å². The van der Waals surface area contributed by atoms with E-state index in [1.165, 1.54) is 0 Å². The summed E-state index contributed by atoms with van der Waals surface area (Å²) in [6.45, 7) is 1.57. The number of hydrogen-bond acceptors (Lipinski definition) is 4. The molecule has 3 unspecified atom stereocenters. The monoisotopic (exact) mass is 310 g/mol. The molecule has 1 aromatic carbocycles. The second-order valence-corrected chi connectivity index (χ2v) is 6.50. The molecule has 0 spiro atoms. The summed E-state index contributed by atoms with van der Waals surface area (Å²) in [4.78, 5) is 13.5. The molecule has 0 radical (unpaired) electrons. The first-order valence-electron chi connectivity index (χ1n) is 7.07. The van der Waals surface area contributed by atoms with Crippen LogP contribution in [0.25, 0.3) is 0 Å². The van der Waals surface area contributed by atoms with E-state index in [-0.39, 0.29) is 18.3 Å². The van der Waals surface area contributed by atoms with E-state index in [0.29, 0.717) is 17.2 Å². The Morgan fingerprint density at radius 3 is 3.10 bits per heavy atom. The van der Waals surface area contributed by atoms with Gasteiger partial charge in [-0.3, -0.25) is 10.5 Å². The molecule has 1 fully saturated rings. The summed E-state index contributed by atoms with van der Waals surface area (Å²) in [7, 11) is 2.02. The van der Waals surface area contributed by atoms with Crippen LogP contribution in [0, 0.1) is 5.92 Å². The number of nitrogens with zero attached hydrogens (tertiary/aromatic N) is 1. The van der Waals surface area contributed by atoms with Crippen molar-refractivity contribution in [1.29, 1.82) is 0 Å². The van der Waals surface area contributed by atoms with E-state index < -0.39 is 11.7 Å². The van der Waals surface area contributed by atoms with Gasteiger partial charge in [-0.2, -0.15) is 0 Å². The van der Waals surface area contributed by atoms with Crippen LogP contribution in [0.1, 0.15) is 24.3 Å². The zero-order valence-electron chi connectivity index (χ0n) is 11.9. The molecule has 3 N–H and O–H groups in total. The van der Waals surface area contributed by atoms with Crippen molar-refractivity contribution in [2.24, 2.45) is 11.7 Å². The number of carbonyl (C=O) groups is 1. The number of aliphatic carboxylic acids is 1. The molecule has 1 aromatic rings. The highest BCUT2D eigenvalue weighted by atomic mass is 35.5. The molecule has 3 atom stereocenters. The van der Waals surface area contributed by atoms with Crippen molar-refractivity contribution in [2.45, 2.75) is 24.5 Å². The smallest absolute Gasteiger partial charge is 0.303 e. The molecule has 2 heterocycles. The molecule has 114 valence electrons. The average Bonchev–Trinajstić information content (AvgIpc) is 2.39. The number of nitrogens with two attached hydrogens (primary N) is 1. The molecular weight excluding hydrogens is 292 g/mol. The van der Waals surface area contributed by atoms with Crippen LogP contribution in [0.2, 0.25) is 5.02 Å². The van der Waals surface area contributed by atoms with Gasteiger partial charge in [0.25, 0.3) is 0 Å². The number of fused-ring (bicyclic) bond motifs is 2. The standard InChI is InChI=1S/C15H19ClN2O3/c1-18-5-4-15(17)12(8-18)11(7-14(19)20)10-3-2-9(16)6-13(10)21-15/h2-3,6,11-12H,4-5,7-8,17H2,1H3,(H,19,20). The molecule has 0 saturated carbocycles. The molecule has 0 amide bonds. The summed E-state index contributed by atoms with van der Waals surface area (Å²) in [5.41, 5.74) is 6.55. The van der Waals surface area contributed by atoms with Gasteiger partial charge in [0.15, 0.2) is 5.72 Å². The maximum Gasteiger partial charge on any atom is 0.303 e. The van der Waals surface area contributed by atoms with Crippen LogP contribution in [0.5, 0.6) is 5.75 Å². The lowest BCUT2D eigenvalue weighted by atomic mass is 9.72. The Morgan fingerprint density at radius 1 is 1.62 bits per heavy atom. The Bertz CT molecular complexity index is 580. The summed E-state index contributed by atoms with van der Waals surface area (Å²) in [5.74, 6) is -0.396. The number of carboxylic acids is 1. The van der Waals surface area contributed by atoms with E-state index in [9.17, 15) is 9.90 Å². The number of rotatable bonds is 2. The van der Waals surface area contributed by atoms with E-state index in [2.05, 4.69) is 4.90 Å². The van der Waals surface area contributed by atoms with Crippen LogP contribution in [0.4, 0.5) is 0 Å². The zero-order chi connectivity index (χ0) is 15.2. The van der Waals surface area contributed by atoms with E-state index in [4.69, 9.17) is 22.1 Å². The molecule has 2 aliphatic rings. The van der Waals surface area contributed by atoms with Gasteiger partial charge in [-0.25, -0.2) is 0 Å². The molecule has 21 heavy (non-hydrogen) atoms. The first-order chi connectivity index (χ1) is 9.89. The average molecular weight is 311 g/mol. The molecule has 0 aromatic heterocycles. The van der Waals surface area contributed by atoms with Gasteiger partial charge in [0, 0.05) is 36.4 Å². The SMILES string of the molecule is CN1CCC2(N)Oc3cc(Cl)ccc3C(CC(=O)O)C2C1. The number of carboxylic acid groups (broad SMARTS) is 1. The Labute approximate surface area is 128 Å². The van der Waals surface area contributed by atoms with Crippen molar-refractivity contribution in [1.82, 2.24) is 4.90 Å². The number of likely N-dealkylation sites (tertiary alicyclic amines) is 1. The summed E-state index contributed by atoms with van der Waals surface area (Å²) < 4.78 is 6.04. The van der Waals surface area contributed by atoms with Crippen LogP contribution in [0.3, 0.4) is 0 Å². The molecule has 5 nitrogen and oxygen atoms in total. The summed E-state index contributed by atoms with van der Waals surface area (Å²) in [6, 6.07) is 5.36. The normalized spacial score (nSPS) is 32.0.